The molecule has 1 fully saturated rings. The lowest BCUT2D eigenvalue weighted by Crippen LogP contribution is -2.40. The molecule has 0 spiro atoms. The first kappa shape index (κ1) is 12.9. The highest BCUT2D eigenvalue weighted by Crippen LogP contribution is 2.21. The zero-order valence-electron chi connectivity index (χ0n) is 9.34. The molecular weight excluding hydrogens is 216 g/mol. The molecule has 0 amide bonds. The molecule has 6 nitrogen and oxygen atoms in total. The molecule has 0 aromatic heterocycles. The van der Waals surface area contributed by atoms with Crippen molar-refractivity contribution in [3.63, 3.8) is 0 Å². The van der Waals surface area contributed by atoms with E-state index < -0.39 is 24.3 Å². The van der Waals surface area contributed by atoms with Crippen molar-refractivity contribution >= 4 is 11.9 Å². The molecule has 3 atom stereocenters. The van der Waals surface area contributed by atoms with Gasteiger partial charge in [-0.1, -0.05) is 0 Å². The lowest BCUT2D eigenvalue weighted by atomic mass is 10.1. The summed E-state index contributed by atoms with van der Waals surface area (Å²) in [6, 6.07) is 0. The first-order chi connectivity index (χ1) is 7.47. The first-order valence-corrected chi connectivity index (χ1v) is 5.11. The SMILES string of the molecule is CC(=O)OC[C@H]1C[C@@H](OC(C)=O)C[C@@H](O)O1. The smallest absolute Gasteiger partial charge is 0.302 e. The van der Waals surface area contributed by atoms with E-state index in [4.69, 9.17) is 14.2 Å². The molecule has 0 unspecified atom stereocenters. The van der Waals surface area contributed by atoms with Crippen molar-refractivity contribution in [2.75, 3.05) is 6.61 Å². The van der Waals surface area contributed by atoms with Crippen LogP contribution in [-0.4, -0.2) is 42.1 Å². The second-order valence-electron chi connectivity index (χ2n) is 3.72. The van der Waals surface area contributed by atoms with Crippen LogP contribution in [0, 0.1) is 0 Å². The van der Waals surface area contributed by atoms with Crippen molar-refractivity contribution in [2.24, 2.45) is 0 Å². The van der Waals surface area contributed by atoms with Crippen LogP contribution >= 0.6 is 0 Å². The van der Waals surface area contributed by atoms with E-state index in [1.165, 1.54) is 13.8 Å². The Morgan fingerprint density at radius 2 is 2.00 bits per heavy atom. The highest BCUT2D eigenvalue weighted by atomic mass is 16.6. The summed E-state index contributed by atoms with van der Waals surface area (Å²) in [5, 5.41) is 9.37. The normalized spacial score (nSPS) is 29.6. The number of ether oxygens (including phenoxy) is 3. The minimum Gasteiger partial charge on any atom is -0.463 e. The summed E-state index contributed by atoms with van der Waals surface area (Å²) < 4.78 is 14.9. The van der Waals surface area contributed by atoms with E-state index in [2.05, 4.69) is 0 Å². The third kappa shape index (κ3) is 4.59. The van der Waals surface area contributed by atoms with Crippen molar-refractivity contribution in [3.8, 4) is 0 Å². The van der Waals surface area contributed by atoms with Gasteiger partial charge in [-0.25, -0.2) is 0 Å². The summed E-state index contributed by atoms with van der Waals surface area (Å²) in [5.74, 6) is -0.807. The van der Waals surface area contributed by atoms with Gasteiger partial charge in [0.15, 0.2) is 6.29 Å². The van der Waals surface area contributed by atoms with Gasteiger partial charge in [-0.2, -0.15) is 0 Å². The van der Waals surface area contributed by atoms with Gasteiger partial charge in [0, 0.05) is 26.7 Å². The summed E-state index contributed by atoms with van der Waals surface area (Å²) in [7, 11) is 0. The molecule has 16 heavy (non-hydrogen) atoms. The zero-order valence-corrected chi connectivity index (χ0v) is 9.34. The molecule has 0 aromatic rings. The van der Waals surface area contributed by atoms with Gasteiger partial charge in [-0.05, 0) is 0 Å². The maximum atomic E-state index is 10.8. The van der Waals surface area contributed by atoms with Crippen LogP contribution in [-0.2, 0) is 23.8 Å². The van der Waals surface area contributed by atoms with Gasteiger partial charge in [0.1, 0.15) is 12.7 Å². The molecule has 6 heteroatoms. The monoisotopic (exact) mass is 232 g/mol. The number of aliphatic hydroxyl groups excluding tert-OH is 1. The second kappa shape index (κ2) is 5.81. The molecular formula is C10H16O6. The van der Waals surface area contributed by atoms with Crippen LogP contribution in [0.2, 0.25) is 0 Å². The molecule has 0 saturated carbocycles. The molecule has 92 valence electrons. The number of rotatable bonds is 3. The van der Waals surface area contributed by atoms with E-state index in [-0.39, 0.29) is 19.1 Å². The third-order valence-corrected chi connectivity index (χ3v) is 2.14. The van der Waals surface area contributed by atoms with E-state index in [9.17, 15) is 14.7 Å². The summed E-state index contributed by atoms with van der Waals surface area (Å²) in [5.41, 5.74) is 0. The van der Waals surface area contributed by atoms with Gasteiger partial charge in [-0.3, -0.25) is 9.59 Å². The van der Waals surface area contributed by atoms with E-state index in [0.717, 1.165) is 0 Å². The molecule has 1 heterocycles. The Morgan fingerprint density at radius 1 is 1.31 bits per heavy atom. The van der Waals surface area contributed by atoms with Crippen molar-refractivity contribution < 1.29 is 28.9 Å². The zero-order chi connectivity index (χ0) is 12.1. The number of carbonyl (C=O) groups is 2. The van der Waals surface area contributed by atoms with Crippen molar-refractivity contribution in [1.82, 2.24) is 0 Å². The van der Waals surface area contributed by atoms with Gasteiger partial charge in [0.25, 0.3) is 0 Å². The van der Waals surface area contributed by atoms with Gasteiger partial charge in [-0.15, -0.1) is 0 Å². The average molecular weight is 232 g/mol. The molecule has 1 rings (SSSR count). The molecule has 0 aromatic carbocycles. The van der Waals surface area contributed by atoms with E-state index >= 15 is 0 Å². The maximum absolute atomic E-state index is 10.8. The molecule has 0 radical (unpaired) electrons. The van der Waals surface area contributed by atoms with Crippen LogP contribution < -0.4 is 0 Å². The van der Waals surface area contributed by atoms with Crippen LogP contribution in [0.5, 0.6) is 0 Å². The fourth-order valence-electron chi connectivity index (χ4n) is 1.60. The van der Waals surface area contributed by atoms with Crippen molar-refractivity contribution in [2.45, 2.75) is 45.2 Å². The van der Waals surface area contributed by atoms with Crippen molar-refractivity contribution in [3.05, 3.63) is 0 Å². The Morgan fingerprint density at radius 3 is 2.56 bits per heavy atom. The molecule has 1 aliphatic rings. The predicted octanol–water partition coefficient (Wildman–Crippen LogP) is -0.0214. The van der Waals surface area contributed by atoms with Crippen molar-refractivity contribution in [1.29, 1.82) is 0 Å². The van der Waals surface area contributed by atoms with Crippen LogP contribution in [0.25, 0.3) is 0 Å². The highest BCUT2D eigenvalue weighted by molar-refractivity contribution is 5.66. The van der Waals surface area contributed by atoms with Gasteiger partial charge in [0.2, 0.25) is 0 Å². The highest BCUT2D eigenvalue weighted by Gasteiger charge is 2.30. The average Bonchev–Trinajstić information content (AvgIpc) is 2.12. The Balaban J connectivity index is 2.40. The minimum absolute atomic E-state index is 0.0597. The number of hydrogen-bond donors (Lipinski definition) is 1. The topological polar surface area (TPSA) is 82.1 Å². The molecule has 1 aliphatic heterocycles. The summed E-state index contributed by atoms with van der Waals surface area (Å²) in [6.45, 7) is 2.66. The number of esters is 2. The predicted molar refractivity (Wildman–Crippen MR) is 52.3 cm³/mol. The molecule has 1 N–H and O–H groups in total. The number of hydrogen-bond acceptors (Lipinski definition) is 6. The van der Waals surface area contributed by atoms with E-state index in [1.807, 2.05) is 0 Å². The summed E-state index contributed by atoms with van der Waals surface area (Å²) in [4.78, 5) is 21.4. The Labute approximate surface area is 93.5 Å². The standard InChI is InChI=1S/C10H16O6/c1-6(11)14-5-9-3-8(15-7(2)12)4-10(13)16-9/h8-10,13H,3-5H2,1-2H3/t8-,9-,10+/m1/s1. The first-order valence-electron chi connectivity index (χ1n) is 5.11. The lowest BCUT2D eigenvalue weighted by molar-refractivity contribution is -0.210. The fourth-order valence-corrected chi connectivity index (χ4v) is 1.60. The van der Waals surface area contributed by atoms with Crippen LogP contribution in [0.4, 0.5) is 0 Å². The van der Waals surface area contributed by atoms with E-state index in [1.54, 1.807) is 0 Å². The van der Waals surface area contributed by atoms with E-state index in [0.29, 0.717) is 6.42 Å². The fraction of sp³-hybridized carbons (Fsp3) is 0.800. The Kier molecular flexibility index (Phi) is 4.70. The summed E-state index contributed by atoms with van der Waals surface area (Å²) >= 11 is 0. The molecule has 0 aliphatic carbocycles. The third-order valence-electron chi connectivity index (χ3n) is 2.14. The second-order valence-corrected chi connectivity index (χ2v) is 3.72. The number of aliphatic hydroxyl groups is 1. The van der Waals surface area contributed by atoms with Gasteiger partial charge >= 0.3 is 11.9 Å². The Hall–Kier alpha value is -1.14. The largest absolute Gasteiger partial charge is 0.463 e. The Bertz CT molecular complexity index is 264. The van der Waals surface area contributed by atoms with Crippen LogP contribution in [0.15, 0.2) is 0 Å². The van der Waals surface area contributed by atoms with Crippen LogP contribution in [0.1, 0.15) is 26.7 Å². The van der Waals surface area contributed by atoms with Gasteiger partial charge in [0.05, 0.1) is 6.10 Å². The van der Waals surface area contributed by atoms with Crippen LogP contribution in [0.3, 0.4) is 0 Å². The minimum atomic E-state index is -0.987. The molecule has 0 bridgehead atoms. The molecule has 1 saturated heterocycles. The van der Waals surface area contributed by atoms with Gasteiger partial charge < -0.3 is 19.3 Å². The number of carbonyl (C=O) groups excluding carboxylic acids is 2. The maximum Gasteiger partial charge on any atom is 0.302 e. The summed E-state index contributed by atoms with van der Waals surface area (Å²) in [6.07, 6.45) is -1.14. The lowest BCUT2D eigenvalue weighted by Gasteiger charge is -2.31. The quantitative estimate of drug-likeness (QED) is 0.688.